The topological polar surface area (TPSA) is 108 Å². The van der Waals surface area contributed by atoms with Gasteiger partial charge in [0.25, 0.3) is 11.8 Å². The first-order valence-electron chi connectivity index (χ1n) is 13.2. The van der Waals surface area contributed by atoms with Gasteiger partial charge in [-0.1, -0.05) is 6.42 Å². The van der Waals surface area contributed by atoms with Crippen LogP contribution in [-0.2, 0) is 19.6 Å². The lowest BCUT2D eigenvalue weighted by molar-refractivity contribution is -0.125. The predicted molar refractivity (Wildman–Crippen MR) is 143 cm³/mol. The Bertz CT molecular complexity index is 1270. The summed E-state index contributed by atoms with van der Waals surface area (Å²) in [5, 5.41) is 2.85. The smallest absolute Gasteiger partial charge is 0.267 e. The van der Waals surface area contributed by atoms with Gasteiger partial charge in [-0.15, -0.1) is 0 Å². The molecular weight excluding hydrogens is 508 g/mol. The van der Waals surface area contributed by atoms with Gasteiger partial charge >= 0.3 is 0 Å². The Kier molecular flexibility index (Phi) is 7.98. The van der Waals surface area contributed by atoms with Crippen molar-refractivity contribution in [2.75, 3.05) is 62.7 Å². The van der Waals surface area contributed by atoms with Crippen LogP contribution in [0.5, 0.6) is 5.75 Å². The number of hydrogen-bond acceptors (Lipinski definition) is 7. The van der Waals surface area contributed by atoms with Gasteiger partial charge in [0.2, 0.25) is 10.0 Å². The third-order valence-electron chi connectivity index (χ3n) is 7.24. The molecule has 2 aromatic rings. The SMILES string of the molecule is CC1Oc2cc(NC(=O)c3ccc(S(=O)(=O)N4CCCCC4)cc3)ccc2N(CCN2CCOCC2)C1=O. The van der Waals surface area contributed by atoms with Crippen molar-refractivity contribution in [1.29, 1.82) is 0 Å². The van der Waals surface area contributed by atoms with Crippen molar-refractivity contribution in [3.8, 4) is 5.75 Å². The number of hydrogen-bond donors (Lipinski definition) is 1. The van der Waals surface area contributed by atoms with E-state index in [-0.39, 0.29) is 16.7 Å². The lowest BCUT2D eigenvalue weighted by Gasteiger charge is -2.35. The number of ether oxygens (including phenoxy) is 2. The molecule has 0 bridgehead atoms. The number of amides is 2. The molecule has 2 aromatic carbocycles. The number of anilines is 2. The minimum Gasteiger partial charge on any atom is -0.479 e. The first kappa shape index (κ1) is 26.6. The molecule has 3 heterocycles. The fourth-order valence-corrected chi connectivity index (χ4v) is 6.54. The average Bonchev–Trinajstić information content (AvgIpc) is 2.94. The van der Waals surface area contributed by atoms with E-state index in [4.69, 9.17) is 9.47 Å². The quantitative estimate of drug-likeness (QED) is 0.573. The Labute approximate surface area is 223 Å². The summed E-state index contributed by atoms with van der Waals surface area (Å²) < 4.78 is 38.5. The van der Waals surface area contributed by atoms with Crippen LogP contribution in [0.4, 0.5) is 11.4 Å². The maximum atomic E-state index is 12.9. The number of morpholine rings is 1. The lowest BCUT2D eigenvalue weighted by Crippen LogP contribution is -2.48. The standard InChI is InChI=1S/C27H34N4O6S/c1-20-27(33)31(14-13-29-15-17-36-18-16-29)24-10-7-22(19-25(24)37-20)28-26(32)21-5-8-23(9-6-21)38(34,35)30-11-3-2-4-12-30/h5-10,19-20H,2-4,11-18H2,1H3,(H,28,32). The Morgan fingerprint density at radius 3 is 2.39 bits per heavy atom. The van der Waals surface area contributed by atoms with Gasteiger partial charge in [-0.3, -0.25) is 14.5 Å². The zero-order valence-corrected chi connectivity index (χ0v) is 22.4. The Hall–Kier alpha value is -2.99. The van der Waals surface area contributed by atoms with Crippen molar-refractivity contribution >= 4 is 33.2 Å². The molecule has 5 rings (SSSR count). The third-order valence-corrected chi connectivity index (χ3v) is 9.15. The van der Waals surface area contributed by atoms with E-state index < -0.39 is 16.1 Å². The molecule has 10 nitrogen and oxygen atoms in total. The van der Waals surface area contributed by atoms with Crippen molar-refractivity contribution in [2.24, 2.45) is 0 Å². The normalized spacial score (nSPS) is 21.0. The van der Waals surface area contributed by atoms with Crippen LogP contribution in [-0.4, -0.2) is 88.0 Å². The van der Waals surface area contributed by atoms with Gasteiger partial charge in [-0.25, -0.2) is 8.42 Å². The first-order chi connectivity index (χ1) is 18.3. The van der Waals surface area contributed by atoms with E-state index in [1.807, 2.05) is 0 Å². The van der Waals surface area contributed by atoms with Gasteiger partial charge in [0.15, 0.2) is 6.10 Å². The largest absolute Gasteiger partial charge is 0.479 e. The number of carbonyl (C=O) groups excluding carboxylic acids is 2. The van der Waals surface area contributed by atoms with E-state index >= 15 is 0 Å². The summed E-state index contributed by atoms with van der Waals surface area (Å²) in [5.74, 6) is 0.0676. The molecule has 3 aliphatic rings. The molecule has 1 atom stereocenters. The van der Waals surface area contributed by atoms with Crippen LogP contribution in [0.2, 0.25) is 0 Å². The molecule has 204 valence electrons. The molecule has 3 aliphatic heterocycles. The van der Waals surface area contributed by atoms with E-state index in [0.29, 0.717) is 55.5 Å². The first-order valence-corrected chi connectivity index (χ1v) is 14.6. The van der Waals surface area contributed by atoms with Gasteiger partial charge in [-0.05, 0) is 56.2 Å². The summed E-state index contributed by atoms with van der Waals surface area (Å²) in [5.41, 5.74) is 1.54. The van der Waals surface area contributed by atoms with Gasteiger partial charge in [-0.2, -0.15) is 4.31 Å². The van der Waals surface area contributed by atoms with Crippen LogP contribution in [0.1, 0.15) is 36.5 Å². The van der Waals surface area contributed by atoms with Crippen LogP contribution >= 0.6 is 0 Å². The highest BCUT2D eigenvalue weighted by atomic mass is 32.2. The van der Waals surface area contributed by atoms with E-state index in [1.165, 1.54) is 28.6 Å². The molecule has 0 aliphatic carbocycles. The van der Waals surface area contributed by atoms with E-state index in [0.717, 1.165) is 38.9 Å². The monoisotopic (exact) mass is 542 g/mol. The zero-order valence-electron chi connectivity index (χ0n) is 21.6. The van der Waals surface area contributed by atoms with Gasteiger partial charge in [0.1, 0.15) is 5.75 Å². The minimum absolute atomic E-state index is 0.0952. The van der Waals surface area contributed by atoms with E-state index in [2.05, 4.69) is 10.2 Å². The minimum atomic E-state index is -3.56. The summed E-state index contributed by atoms with van der Waals surface area (Å²) in [7, 11) is -3.56. The Balaban J connectivity index is 1.26. The molecule has 0 aromatic heterocycles. The highest BCUT2D eigenvalue weighted by Gasteiger charge is 2.32. The second-order valence-corrected chi connectivity index (χ2v) is 11.8. The summed E-state index contributed by atoms with van der Waals surface area (Å²) >= 11 is 0. The molecule has 2 amide bonds. The molecule has 0 radical (unpaired) electrons. The summed E-state index contributed by atoms with van der Waals surface area (Å²) in [6, 6.07) is 11.2. The molecule has 11 heteroatoms. The maximum Gasteiger partial charge on any atom is 0.267 e. The van der Waals surface area contributed by atoms with Gasteiger partial charge in [0, 0.05) is 56.6 Å². The average molecular weight is 543 g/mol. The fraction of sp³-hybridized carbons (Fsp3) is 0.481. The zero-order chi connectivity index (χ0) is 26.7. The van der Waals surface area contributed by atoms with Crippen molar-refractivity contribution in [2.45, 2.75) is 37.2 Å². The summed E-state index contributed by atoms with van der Waals surface area (Å²) in [6.07, 6.45) is 2.14. The molecule has 0 saturated carbocycles. The molecule has 1 N–H and O–H groups in total. The van der Waals surface area contributed by atoms with Crippen molar-refractivity contribution in [3.63, 3.8) is 0 Å². The molecule has 2 fully saturated rings. The number of benzene rings is 2. The van der Waals surface area contributed by atoms with E-state index in [1.54, 1.807) is 30.0 Å². The second-order valence-electron chi connectivity index (χ2n) is 9.83. The van der Waals surface area contributed by atoms with Crippen molar-refractivity contribution in [1.82, 2.24) is 9.21 Å². The predicted octanol–water partition coefficient (Wildman–Crippen LogP) is 2.56. The van der Waals surface area contributed by atoms with Crippen LogP contribution in [0.3, 0.4) is 0 Å². The summed E-state index contributed by atoms with van der Waals surface area (Å²) in [6.45, 7) is 7.14. The number of rotatable bonds is 7. The lowest BCUT2D eigenvalue weighted by atomic mass is 10.1. The Morgan fingerprint density at radius 2 is 1.68 bits per heavy atom. The van der Waals surface area contributed by atoms with Crippen molar-refractivity contribution in [3.05, 3.63) is 48.0 Å². The number of sulfonamides is 1. The van der Waals surface area contributed by atoms with Gasteiger partial charge in [0.05, 0.1) is 23.8 Å². The van der Waals surface area contributed by atoms with E-state index in [9.17, 15) is 18.0 Å². The van der Waals surface area contributed by atoms with Crippen LogP contribution in [0, 0.1) is 0 Å². The number of nitrogens with one attached hydrogen (secondary N) is 1. The molecule has 0 spiro atoms. The number of piperidine rings is 1. The molecule has 38 heavy (non-hydrogen) atoms. The van der Waals surface area contributed by atoms with Crippen LogP contribution < -0.4 is 15.0 Å². The number of nitrogens with zero attached hydrogens (tertiary/aromatic N) is 3. The van der Waals surface area contributed by atoms with Crippen LogP contribution in [0.15, 0.2) is 47.4 Å². The fourth-order valence-electron chi connectivity index (χ4n) is 5.02. The Morgan fingerprint density at radius 1 is 0.974 bits per heavy atom. The van der Waals surface area contributed by atoms with Gasteiger partial charge < -0.3 is 19.7 Å². The van der Waals surface area contributed by atoms with Crippen molar-refractivity contribution < 1.29 is 27.5 Å². The molecule has 1 unspecified atom stereocenters. The summed E-state index contributed by atoms with van der Waals surface area (Å²) in [4.78, 5) is 30.0. The second kappa shape index (κ2) is 11.4. The highest BCUT2D eigenvalue weighted by molar-refractivity contribution is 7.89. The maximum absolute atomic E-state index is 12.9. The van der Waals surface area contributed by atoms with Crippen LogP contribution in [0.25, 0.3) is 0 Å². The molecular formula is C27H34N4O6S. The number of carbonyl (C=O) groups is 2. The third kappa shape index (κ3) is 5.70. The number of fused-ring (bicyclic) bond motifs is 1. The highest BCUT2D eigenvalue weighted by Crippen LogP contribution is 2.36. The molecule has 2 saturated heterocycles.